The molecule has 0 bridgehead atoms. The number of thiazole rings is 1. The first-order valence-electron chi connectivity index (χ1n) is 8.81. The second-order valence-corrected chi connectivity index (χ2v) is 7.36. The van der Waals surface area contributed by atoms with Crippen LogP contribution in [0.1, 0.15) is 21.0 Å². The predicted octanol–water partition coefficient (Wildman–Crippen LogP) is 1.89. The summed E-state index contributed by atoms with van der Waals surface area (Å²) in [4.78, 5) is 31.0. The van der Waals surface area contributed by atoms with Crippen molar-refractivity contribution in [3.8, 4) is 5.69 Å². The van der Waals surface area contributed by atoms with Gasteiger partial charge in [0.1, 0.15) is 5.69 Å². The van der Waals surface area contributed by atoms with Crippen molar-refractivity contribution in [2.45, 2.75) is 0 Å². The fraction of sp³-hybridized carbons (Fsp3) is 0.222. The van der Waals surface area contributed by atoms with E-state index in [-0.39, 0.29) is 11.4 Å². The second-order valence-electron chi connectivity index (χ2n) is 6.12. The number of ether oxygens (including phenoxy) is 1. The number of para-hydroxylation sites is 1. The van der Waals surface area contributed by atoms with Crippen LogP contribution >= 0.6 is 22.9 Å². The molecule has 0 atom stereocenters. The highest BCUT2D eigenvalue weighted by Crippen LogP contribution is 2.21. The van der Waals surface area contributed by atoms with Gasteiger partial charge in [-0.15, -0.1) is 11.3 Å². The molecular weight excluding hydrogens is 416 g/mol. The maximum Gasteiger partial charge on any atom is 0.290 e. The number of hydrogen-bond acceptors (Lipinski definition) is 7. The molecule has 2 N–H and O–H groups in total. The molecule has 1 aliphatic rings. The van der Waals surface area contributed by atoms with Crippen LogP contribution in [-0.4, -0.2) is 52.9 Å². The van der Waals surface area contributed by atoms with Gasteiger partial charge >= 0.3 is 0 Å². The average molecular weight is 433 g/mol. The zero-order chi connectivity index (χ0) is 20.2. The van der Waals surface area contributed by atoms with E-state index in [1.807, 2.05) is 6.07 Å². The number of rotatable bonds is 4. The summed E-state index contributed by atoms with van der Waals surface area (Å²) >= 11 is 7.52. The average Bonchev–Trinajstić information content (AvgIpc) is 3.43. The molecule has 2 amide bonds. The lowest BCUT2D eigenvalue weighted by atomic mass is 10.3. The maximum absolute atomic E-state index is 12.3. The fourth-order valence-electron chi connectivity index (χ4n) is 2.73. The van der Waals surface area contributed by atoms with E-state index in [0.29, 0.717) is 23.9 Å². The molecule has 0 aliphatic carbocycles. The Bertz CT molecular complexity index is 1030. The highest BCUT2D eigenvalue weighted by molar-refractivity contribution is 7.13. The number of carbonyl (C=O) groups excluding carboxylic acids is 2. The lowest BCUT2D eigenvalue weighted by molar-refractivity contribution is 0.0841. The standard InChI is InChI=1S/C18H17ClN6O3S/c19-12-3-1-2-4-15(12)25-6-5-13(23-25)16(26)21-22-17(27)14-11-29-18(20-14)24-7-9-28-10-8-24/h1-6,11H,7-10H2,(H,21,26)(H,22,27). The molecule has 1 aliphatic heterocycles. The minimum Gasteiger partial charge on any atom is -0.378 e. The van der Waals surface area contributed by atoms with E-state index in [4.69, 9.17) is 16.3 Å². The number of nitrogens with zero attached hydrogens (tertiary/aromatic N) is 4. The summed E-state index contributed by atoms with van der Waals surface area (Å²) in [5.74, 6) is -1.05. The van der Waals surface area contributed by atoms with Crippen molar-refractivity contribution in [3.05, 3.63) is 58.3 Å². The number of nitrogens with one attached hydrogen (secondary N) is 2. The molecule has 9 nitrogen and oxygen atoms in total. The predicted molar refractivity (Wildman–Crippen MR) is 109 cm³/mol. The Morgan fingerprint density at radius 2 is 1.79 bits per heavy atom. The molecule has 2 aromatic heterocycles. The van der Waals surface area contributed by atoms with E-state index in [1.165, 1.54) is 22.1 Å². The molecule has 150 valence electrons. The van der Waals surface area contributed by atoms with Crippen LogP contribution in [0.4, 0.5) is 5.13 Å². The van der Waals surface area contributed by atoms with Crippen molar-refractivity contribution in [2.24, 2.45) is 0 Å². The Kier molecular flexibility index (Phi) is 5.74. The molecule has 1 fully saturated rings. The first-order valence-corrected chi connectivity index (χ1v) is 10.1. The molecule has 0 spiro atoms. The Morgan fingerprint density at radius 1 is 1.07 bits per heavy atom. The minimum absolute atomic E-state index is 0.137. The zero-order valence-electron chi connectivity index (χ0n) is 15.2. The van der Waals surface area contributed by atoms with Crippen LogP contribution in [0, 0.1) is 0 Å². The zero-order valence-corrected chi connectivity index (χ0v) is 16.7. The van der Waals surface area contributed by atoms with Crippen molar-refractivity contribution in [1.82, 2.24) is 25.6 Å². The summed E-state index contributed by atoms with van der Waals surface area (Å²) in [7, 11) is 0. The number of aromatic nitrogens is 3. The van der Waals surface area contributed by atoms with Crippen molar-refractivity contribution in [2.75, 3.05) is 31.2 Å². The van der Waals surface area contributed by atoms with Gasteiger partial charge in [0.25, 0.3) is 11.8 Å². The first kappa shape index (κ1) is 19.4. The molecule has 29 heavy (non-hydrogen) atoms. The highest BCUT2D eigenvalue weighted by Gasteiger charge is 2.18. The third kappa shape index (κ3) is 4.39. The smallest absolute Gasteiger partial charge is 0.290 e. The third-order valence-corrected chi connectivity index (χ3v) is 5.44. The summed E-state index contributed by atoms with van der Waals surface area (Å²) in [5.41, 5.74) is 5.73. The van der Waals surface area contributed by atoms with E-state index in [2.05, 4.69) is 25.8 Å². The quantitative estimate of drug-likeness (QED) is 0.610. The summed E-state index contributed by atoms with van der Waals surface area (Å²) in [5, 5.41) is 7.11. The summed E-state index contributed by atoms with van der Waals surface area (Å²) in [6.07, 6.45) is 1.62. The van der Waals surface area contributed by atoms with Crippen LogP contribution in [-0.2, 0) is 4.74 Å². The SMILES string of the molecule is O=C(NNC(=O)c1ccn(-c2ccccc2Cl)n1)c1csc(N2CCOCC2)n1. The van der Waals surface area contributed by atoms with E-state index in [0.717, 1.165) is 18.2 Å². The molecule has 0 saturated carbocycles. The largest absolute Gasteiger partial charge is 0.378 e. The van der Waals surface area contributed by atoms with Crippen LogP contribution in [0.15, 0.2) is 41.9 Å². The molecule has 0 radical (unpaired) electrons. The molecular formula is C18H17ClN6O3S. The van der Waals surface area contributed by atoms with Crippen molar-refractivity contribution in [1.29, 1.82) is 0 Å². The van der Waals surface area contributed by atoms with E-state index < -0.39 is 11.8 Å². The number of hydrogen-bond donors (Lipinski definition) is 2. The van der Waals surface area contributed by atoms with Crippen LogP contribution < -0.4 is 15.8 Å². The van der Waals surface area contributed by atoms with Crippen molar-refractivity contribution < 1.29 is 14.3 Å². The Labute approximate surface area is 175 Å². The highest BCUT2D eigenvalue weighted by atomic mass is 35.5. The molecule has 4 rings (SSSR count). The Morgan fingerprint density at radius 3 is 2.55 bits per heavy atom. The van der Waals surface area contributed by atoms with Crippen LogP contribution in [0.2, 0.25) is 5.02 Å². The normalized spacial score (nSPS) is 13.9. The maximum atomic E-state index is 12.3. The summed E-state index contributed by atoms with van der Waals surface area (Å²) in [6.45, 7) is 2.74. The fourth-order valence-corrected chi connectivity index (χ4v) is 3.81. The molecule has 3 aromatic rings. The lowest BCUT2D eigenvalue weighted by Crippen LogP contribution is -2.42. The molecule has 0 unspecified atom stereocenters. The lowest BCUT2D eigenvalue weighted by Gasteiger charge is -2.25. The van der Waals surface area contributed by atoms with Gasteiger partial charge in [0.2, 0.25) is 0 Å². The van der Waals surface area contributed by atoms with E-state index in [9.17, 15) is 9.59 Å². The second kappa shape index (κ2) is 8.60. The topological polar surface area (TPSA) is 101 Å². The van der Waals surface area contributed by atoms with Gasteiger partial charge in [-0.1, -0.05) is 23.7 Å². The van der Waals surface area contributed by atoms with Gasteiger partial charge in [-0.3, -0.25) is 20.4 Å². The van der Waals surface area contributed by atoms with Gasteiger partial charge in [-0.2, -0.15) is 5.10 Å². The van der Waals surface area contributed by atoms with Gasteiger partial charge in [0.15, 0.2) is 10.8 Å². The number of anilines is 1. The van der Waals surface area contributed by atoms with Gasteiger partial charge in [-0.25, -0.2) is 9.67 Å². The van der Waals surface area contributed by atoms with Crippen molar-refractivity contribution in [3.63, 3.8) is 0 Å². The summed E-state index contributed by atoms with van der Waals surface area (Å²) < 4.78 is 6.81. The minimum atomic E-state index is -0.548. The van der Waals surface area contributed by atoms with Crippen LogP contribution in [0.25, 0.3) is 5.69 Å². The Hall–Kier alpha value is -2.95. The number of morpholine rings is 1. The molecule has 1 aromatic carbocycles. The van der Waals surface area contributed by atoms with Gasteiger partial charge < -0.3 is 9.64 Å². The molecule has 1 saturated heterocycles. The number of benzene rings is 1. The van der Waals surface area contributed by atoms with Gasteiger partial charge in [0.05, 0.1) is 23.9 Å². The van der Waals surface area contributed by atoms with Gasteiger partial charge in [-0.05, 0) is 18.2 Å². The van der Waals surface area contributed by atoms with Crippen molar-refractivity contribution >= 4 is 39.9 Å². The monoisotopic (exact) mass is 432 g/mol. The Balaban J connectivity index is 1.36. The third-order valence-electron chi connectivity index (χ3n) is 4.22. The summed E-state index contributed by atoms with van der Waals surface area (Å²) in [6, 6.07) is 8.68. The van der Waals surface area contributed by atoms with E-state index >= 15 is 0 Å². The number of carbonyl (C=O) groups is 2. The van der Waals surface area contributed by atoms with E-state index in [1.54, 1.807) is 29.8 Å². The molecule has 11 heteroatoms. The van der Waals surface area contributed by atoms with Crippen LogP contribution in [0.3, 0.4) is 0 Å². The number of halogens is 1. The molecule has 3 heterocycles. The van der Waals surface area contributed by atoms with Gasteiger partial charge in [0, 0.05) is 24.7 Å². The van der Waals surface area contributed by atoms with Crippen LogP contribution in [0.5, 0.6) is 0 Å². The first-order chi connectivity index (χ1) is 14.1. The number of amides is 2. The number of hydrazine groups is 1.